The van der Waals surface area contributed by atoms with E-state index in [-0.39, 0.29) is 16.2 Å². The summed E-state index contributed by atoms with van der Waals surface area (Å²) in [6.07, 6.45) is 4.34. The second kappa shape index (κ2) is 20.1. The van der Waals surface area contributed by atoms with E-state index in [4.69, 9.17) is 9.72 Å². The normalized spacial score (nSPS) is 13.3. The van der Waals surface area contributed by atoms with Crippen molar-refractivity contribution in [1.82, 2.24) is 9.55 Å². The molecule has 0 amide bonds. The average molecular weight is 1010 g/mol. The minimum Gasteiger partial charge on any atom is -0.457 e. The summed E-state index contributed by atoms with van der Waals surface area (Å²) in [7, 11) is 0. The summed E-state index contributed by atoms with van der Waals surface area (Å²) in [6.45, 7) is 26.1. The van der Waals surface area contributed by atoms with Gasteiger partial charge in [-0.05, 0) is 122 Å². The molecule has 2 aromatic heterocycles. The van der Waals surface area contributed by atoms with Crippen LogP contribution >= 0.6 is 0 Å². The largest absolute Gasteiger partial charge is 0.457 e. The monoisotopic (exact) mass is 1010 g/mol. The standard InChI is InChI=1S/C72H72N4O/c1-48(2)61-31-23-32-62(49(3)4)69(61)67-46-74(47-75(67)58-41-55(71(8,9)52-26-17-13-18-27-52)40-56(42-58)72(10,11)53-28-19-14-20-29-53)57-38-51(50-24-15-12-16-25-50)39-60(44-57)77-59-34-35-64-63-30-21-22-33-65(63)76(66(64)45-59)68-43-54(36-37-73-68)70(5,6)7/h12-46,48-49H,47H2,1-11H3. The lowest BCUT2D eigenvalue weighted by Crippen LogP contribution is -2.29. The van der Waals surface area contributed by atoms with Crippen molar-refractivity contribution in [3.05, 3.63) is 257 Å². The quantitative estimate of drug-likeness (QED) is 0.115. The molecule has 0 spiro atoms. The second-order valence-electron chi connectivity index (χ2n) is 23.8. The number of nitrogens with zero attached hydrogens (tertiary/aromatic N) is 4. The smallest absolute Gasteiger partial charge is 0.137 e. The molecule has 0 fully saturated rings. The highest BCUT2D eigenvalue weighted by Gasteiger charge is 2.34. The van der Waals surface area contributed by atoms with Gasteiger partial charge in [-0.3, -0.25) is 4.57 Å². The highest BCUT2D eigenvalue weighted by molar-refractivity contribution is 6.09. The molecule has 0 aliphatic carbocycles. The van der Waals surface area contributed by atoms with Crippen LogP contribution < -0.4 is 14.5 Å². The highest BCUT2D eigenvalue weighted by atomic mass is 16.5. The summed E-state index contributed by atoms with van der Waals surface area (Å²) in [5.41, 5.74) is 17.5. The molecule has 0 saturated heterocycles. The molecule has 0 N–H and O–H groups in total. The predicted molar refractivity (Wildman–Crippen MR) is 325 cm³/mol. The fourth-order valence-electron chi connectivity index (χ4n) is 11.5. The molecule has 386 valence electrons. The average Bonchev–Trinajstić information content (AvgIpc) is 4.06. The fourth-order valence-corrected chi connectivity index (χ4v) is 11.5. The van der Waals surface area contributed by atoms with Crippen LogP contribution in [0.5, 0.6) is 11.5 Å². The summed E-state index contributed by atoms with van der Waals surface area (Å²) in [4.78, 5) is 9.97. The molecule has 0 bridgehead atoms. The van der Waals surface area contributed by atoms with Gasteiger partial charge in [0, 0.05) is 63.1 Å². The van der Waals surface area contributed by atoms with Gasteiger partial charge in [0.1, 0.15) is 17.3 Å². The van der Waals surface area contributed by atoms with Gasteiger partial charge < -0.3 is 14.5 Å². The van der Waals surface area contributed by atoms with Gasteiger partial charge >= 0.3 is 0 Å². The van der Waals surface area contributed by atoms with Crippen molar-refractivity contribution in [3.8, 4) is 28.4 Å². The van der Waals surface area contributed by atoms with Crippen LogP contribution in [-0.4, -0.2) is 16.2 Å². The van der Waals surface area contributed by atoms with Gasteiger partial charge in [-0.1, -0.05) is 210 Å². The summed E-state index contributed by atoms with van der Waals surface area (Å²) < 4.78 is 9.42. The summed E-state index contributed by atoms with van der Waals surface area (Å²) >= 11 is 0. The molecule has 1 aliphatic heterocycles. The number of ether oxygens (including phenoxy) is 1. The van der Waals surface area contributed by atoms with E-state index in [1.165, 1.54) is 55.6 Å². The zero-order chi connectivity index (χ0) is 53.8. The van der Waals surface area contributed by atoms with Crippen LogP contribution in [0, 0.1) is 0 Å². The molecule has 5 heteroatoms. The Bertz CT molecular complexity index is 3700. The van der Waals surface area contributed by atoms with Crippen LogP contribution in [0.25, 0.3) is 44.4 Å². The van der Waals surface area contributed by atoms with Gasteiger partial charge in [0.15, 0.2) is 0 Å². The van der Waals surface area contributed by atoms with Crippen LogP contribution in [0.15, 0.2) is 213 Å². The van der Waals surface area contributed by atoms with E-state index < -0.39 is 0 Å². The van der Waals surface area contributed by atoms with E-state index in [1.54, 1.807) is 0 Å². The van der Waals surface area contributed by atoms with E-state index in [2.05, 4.69) is 297 Å². The lowest BCUT2D eigenvalue weighted by atomic mass is 9.73. The topological polar surface area (TPSA) is 33.5 Å². The molecule has 8 aromatic carbocycles. The van der Waals surface area contributed by atoms with E-state index >= 15 is 0 Å². The van der Waals surface area contributed by atoms with Crippen molar-refractivity contribution in [3.63, 3.8) is 0 Å². The van der Waals surface area contributed by atoms with Crippen LogP contribution in [0.3, 0.4) is 0 Å². The second-order valence-corrected chi connectivity index (χ2v) is 23.8. The fraction of sp³-hybridized carbons (Fsp3) is 0.236. The molecule has 10 aromatic rings. The molecular weight excluding hydrogens is 937 g/mol. The third-order valence-corrected chi connectivity index (χ3v) is 16.2. The molecule has 11 rings (SSSR count). The molecule has 0 radical (unpaired) electrons. The molecule has 77 heavy (non-hydrogen) atoms. The molecular formula is C72H72N4O. The van der Waals surface area contributed by atoms with E-state index in [9.17, 15) is 0 Å². The number of para-hydroxylation sites is 1. The first kappa shape index (κ1) is 51.0. The van der Waals surface area contributed by atoms with Gasteiger partial charge in [0.05, 0.1) is 23.4 Å². The molecule has 3 heterocycles. The summed E-state index contributed by atoms with van der Waals surface area (Å²) in [5, 5.41) is 2.33. The number of pyridine rings is 1. The van der Waals surface area contributed by atoms with Crippen molar-refractivity contribution in [2.24, 2.45) is 0 Å². The Balaban J connectivity index is 1.09. The number of hydrogen-bond donors (Lipinski definition) is 0. The van der Waals surface area contributed by atoms with Gasteiger partial charge in [-0.2, -0.15) is 0 Å². The van der Waals surface area contributed by atoms with Crippen LogP contribution in [0.4, 0.5) is 11.4 Å². The molecule has 0 unspecified atom stereocenters. The first-order chi connectivity index (χ1) is 36.9. The van der Waals surface area contributed by atoms with Crippen LogP contribution in [0.2, 0.25) is 0 Å². The van der Waals surface area contributed by atoms with E-state index in [0.717, 1.165) is 56.2 Å². The maximum Gasteiger partial charge on any atom is 0.137 e. The third kappa shape index (κ3) is 9.73. The zero-order valence-corrected chi connectivity index (χ0v) is 46.8. The summed E-state index contributed by atoms with van der Waals surface area (Å²) in [5.74, 6) is 3.00. The Morgan fingerprint density at radius 3 is 1.65 bits per heavy atom. The Kier molecular flexibility index (Phi) is 13.3. The number of anilines is 2. The zero-order valence-electron chi connectivity index (χ0n) is 46.8. The minimum atomic E-state index is -0.290. The van der Waals surface area contributed by atoms with Crippen molar-refractivity contribution in [2.45, 2.75) is 104 Å². The molecule has 1 aliphatic rings. The van der Waals surface area contributed by atoms with E-state index in [0.29, 0.717) is 18.5 Å². The Morgan fingerprint density at radius 1 is 0.455 bits per heavy atom. The van der Waals surface area contributed by atoms with E-state index in [1.807, 2.05) is 6.20 Å². The Morgan fingerprint density at radius 2 is 1.04 bits per heavy atom. The lowest BCUT2D eigenvalue weighted by Gasteiger charge is -2.34. The van der Waals surface area contributed by atoms with Crippen molar-refractivity contribution < 1.29 is 4.74 Å². The van der Waals surface area contributed by atoms with Gasteiger partial charge in [-0.25, -0.2) is 4.98 Å². The third-order valence-electron chi connectivity index (χ3n) is 16.2. The molecule has 0 atom stereocenters. The van der Waals surface area contributed by atoms with Gasteiger partial charge in [0.2, 0.25) is 0 Å². The molecule has 0 saturated carbocycles. The first-order valence-electron chi connectivity index (χ1n) is 27.5. The van der Waals surface area contributed by atoms with Crippen molar-refractivity contribution >= 4 is 38.9 Å². The summed E-state index contributed by atoms with van der Waals surface area (Å²) in [6, 6.07) is 73.1. The highest BCUT2D eigenvalue weighted by Crippen LogP contribution is 2.46. The predicted octanol–water partition coefficient (Wildman–Crippen LogP) is 19.1. The lowest BCUT2D eigenvalue weighted by molar-refractivity contribution is 0.483. The van der Waals surface area contributed by atoms with Gasteiger partial charge in [-0.15, -0.1) is 0 Å². The molecule has 5 nitrogen and oxygen atoms in total. The number of fused-ring (bicyclic) bond motifs is 3. The van der Waals surface area contributed by atoms with Gasteiger partial charge in [0.25, 0.3) is 0 Å². The maximum atomic E-state index is 7.13. The SMILES string of the molecule is CC(C)c1cccc(C(C)C)c1C1=CN(c2cc(Oc3ccc4c5ccccc5n(-c5cc(C(C)(C)C)ccn5)c4c3)cc(-c3ccccc3)c2)CN1c1cc(C(C)(C)c2ccccc2)cc(C(C)(C)c2ccccc2)c1. The maximum absolute atomic E-state index is 7.13. The Hall–Kier alpha value is -8.15. The first-order valence-corrected chi connectivity index (χ1v) is 27.5. The number of aromatic nitrogens is 2. The number of benzene rings is 8. The van der Waals surface area contributed by atoms with Crippen molar-refractivity contribution in [1.29, 1.82) is 0 Å². The number of rotatable bonds is 13. The van der Waals surface area contributed by atoms with Crippen LogP contribution in [-0.2, 0) is 16.2 Å². The van der Waals surface area contributed by atoms with Crippen LogP contribution in [0.1, 0.15) is 133 Å². The number of hydrogen-bond acceptors (Lipinski definition) is 4. The Labute approximate surface area is 457 Å². The minimum absolute atomic E-state index is 0.0331. The van der Waals surface area contributed by atoms with Crippen molar-refractivity contribution in [2.75, 3.05) is 16.5 Å².